The lowest BCUT2D eigenvalue weighted by molar-refractivity contribution is -0.157. The van der Waals surface area contributed by atoms with Crippen molar-refractivity contribution in [2.75, 3.05) is 12.0 Å². The maximum Gasteiger partial charge on any atom is 0.359 e. The van der Waals surface area contributed by atoms with Crippen LogP contribution in [0.3, 0.4) is 0 Å². The summed E-state index contributed by atoms with van der Waals surface area (Å²) < 4.78 is 0. The number of benzene rings is 2. The molecule has 0 aliphatic carbocycles. The summed E-state index contributed by atoms with van der Waals surface area (Å²) in [7, 11) is 0. The van der Waals surface area contributed by atoms with Gasteiger partial charge in [0.15, 0.2) is 0 Å². The van der Waals surface area contributed by atoms with E-state index in [-0.39, 0.29) is 6.42 Å². The number of thioether (sulfide) groups is 1. The van der Waals surface area contributed by atoms with Gasteiger partial charge in [-0.25, -0.2) is 9.79 Å². The predicted octanol–water partition coefficient (Wildman–Crippen LogP) is 2.79. The number of carbonyl (C=O) groups is 1. The fourth-order valence-electron chi connectivity index (χ4n) is 2.01. The Morgan fingerprint density at radius 1 is 1.29 bits per heavy atom. The highest BCUT2D eigenvalue weighted by Crippen LogP contribution is 2.19. The average molecular weight is 303 g/mol. The van der Waals surface area contributed by atoms with Crippen LogP contribution in [0.2, 0.25) is 0 Å². The van der Waals surface area contributed by atoms with Gasteiger partial charge in [0.25, 0.3) is 5.72 Å². The van der Waals surface area contributed by atoms with Crippen molar-refractivity contribution in [2.24, 2.45) is 4.99 Å². The summed E-state index contributed by atoms with van der Waals surface area (Å²) in [6.07, 6.45) is 3.37. The van der Waals surface area contributed by atoms with Crippen molar-refractivity contribution in [1.29, 1.82) is 0 Å². The van der Waals surface area contributed by atoms with Gasteiger partial charge in [-0.1, -0.05) is 42.5 Å². The molecule has 4 nitrogen and oxygen atoms in total. The second-order valence-electron chi connectivity index (χ2n) is 4.69. The second-order valence-corrected chi connectivity index (χ2v) is 5.68. The van der Waals surface area contributed by atoms with Gasteiger partial charge in [-0.3, -0.25) is 0 Å². The fraction of sp³-hybridized carbons (Fsp3) is 0.250. The first-order valence-electron chi connectivity index (χ1n) is 6.54. The molecule has 21 heavy (non-hydrogen) atoms. The van der Waals surface area contributed by atoms with Gasteiger partial charge in [0.2, 0.25) is 0 Å². The summed E-state index contributed by atoms with van der Waals surface area (Å²) >= 11 is 1.47. The molecule has 1 atom stereocenters. The Bertz CT molecular complexity index is 666. The maximum atomic E-state index is 11.2. The molecule has 5 heteroatoms. The van der Waals surface area contributed by atoms with E-state index in [4.69, 9.17) is 0 Å². The molecular weight excluding hydrogens is 286 g/mol. The topological polar surface area (TPSA) is 69.9 Å². The number of rotatable bonds is 6. The van der Waals surface area contributed by atoms with Gasteiger partial charge in [0.1, 0.15) is 0 Å². The van der Waals surface area contributed by atoms with Crippen LogP contribution >= 0.6 is 11.8 Å². The van der Waals surface area contributed by atoms with E-state index in [0.717, 1.165) is 16.3 Å². The molecule has 0 heterocycles. The monoisotopic (exact) mass is 303 g/mol. The van der Waals surface area contributed by atoms with Crippen LogP contribution in [0.15, 0.2) is 47.5 Å². The second kappa shape index (κ2) is 6.74. The van der Waals surface area contributed by atoms with E-state index in [1.165, 1.54) is 18.0 Å². The highest BCUT2D eigenvalue weighted by atomic mass is 32.2. The summed E-state index contributed by atoms with van der Waals surface area (Å²) in [6, 6.07) is 13.5. The van der Waals surface area contributed by atoms with Gasteiger partial charge in [-0.05, 0) is 22.8 Å². The van der Waals surface area contributed by atoms with Crippen molar-refractivity contribution in [3.05, 3.63) is 48.0 Å². The quantitative estimate of drug-likeness (QED) is 0.805. The van der Waals surface area contributed by atoms with Crippen LogP contribution in [0.25, 0.3) is 10.8 Å². The third-order valence-corrected chi connectivity index (χ3v) is 3.85. The van der Waals surface area contributed by atoms with Gasteiger partial charge in [0, 0.05) is 18.2 Å². The molecule has 1 unspecified atom stereocenters. The number of carboxylic acids is 1. The molecule has 0 aromatic heterocycles. The number of hydrogen-bond donors (Lipinski definition) is 2. The van der Waals surface area contributed by atoms with Crippen molar-refractivity contribution in [2.45, 2.75) is 12.1 Å². The molecule has 0 aliphatic rings. The molecule has 0 amide bonds. The van der Waals surface area contributed by atoms with E-state index in [0.29, 0.717) is 5.75 Å². The zero-order valence-electron chi connectivity index (χ0n) is 11.7. The Balaban J connectivity index is 2.35. The summed E-state index contributed by atoms with van der Waals surface area (Å²) in [6.45, 7) is 0. The lowest BCUT2D eigenvalue weighted by atomic mass is 10.1. The van der Waals surface area contributed by atoms with Crippen molar-refractivity contribution in [3.8, 4) is 0 Å². The minimum Gasteiger partial charge on any atom is -0.478 e. The largest absolute Gasteiger partial charge is 0.478 e. The van der Waals surface area contributed by atoms with Crippen LogP contribution in [0.5, 0.6) is 0 Å². The standard InChI is InChI=1S/C16H17NO3S/c1-21-10-9-16(20,15(18)19)17-11-13-7-4-6-12-5-2-3-8-14(12)13/h2-8,11,20H,9-10H2,1H3,(H,18,19). The van der Waals surface area contributed by atoms with Gasteiger partial charge < -0.3 is 10.2 Å². The zero-order chi connectivity index (χ0) is 15.3. The molecule has 2 rings (SSSR count). The Kier molecular flexibility index (Phi) is 4.98. The number of hydrogen-bond acceptors (Lipinski definition) is 4. The van der Waals surface area contributed by atoms with E-state index in [9.17, 15) is 15.0 Å². The van der Waals surface area contributed by atoms with Crippen LogP contribution in [-0.2, 0) is 4.79 Å². The van der Waals surface area contributed by atoms with Crippen LogP contribution in [0.1, 0.15) is 12.0 Å². The Morgan fingerprint density at radius 3 is 2.71 bits per heavy atom. The highest BCUT2D eigenvalue weighted by Gasteiger charge is 2.34. The van der Waals surface area contributed by atoms with Gasteiger partial charge >= 0.3 is 5.97 Å². The van der Waals surface area contributed by atoms with Crippen LogP contribution < -0.4 is 0 Å². The molecule has 0 spiro atoms. The predicted molar refractivity (Wildman–Crippen MR) is 87.1 cm³/mol. The lowest BCUT2D eigenvalue weighted by Gasteiger charge is -2.17. The molecule has 2 aromatic carbocycles. The third kappa shape index (κ3) is 3.62. The number of fused-ring (bicyclic) bond motifs is 1. The Morgan fingerprint density at radius 2 is 2.00 bits per heavy atom. The first-order chi connectivity index (χ1) is 10.1. The molecule has 0 saturated heterocycles. The van der Waals surface area contributed by atoms with Crippen molar-refractivity contribution in [3.63, 3.8) is 0 Å². The molecule has 110 valence electrons. The molecule has 0 saturated carbocycles. The summed E-state index contributed by atoms with van der Waals surface area (Å²) in [4.78, 5) is 15.2. The first-order valence-corrected chi connectivity index (χ1v) is 7.94. The van der Waals surface area contributed by atoms with Gasteiger partial charge in [-0.2, -0.15) is 11.8 Å². The number of nitrogens with zero attached hydrogens (tertiary/aromatic N) is 1. The minimum absolute atomic E-state index is 0.0742. The summed E-state index contributed by atoms with van der Waals surface area (Å²) in [5.74, 6) is -0.802. The summed E-state index contributed by atoms with van der Waals surface area (Å²) in [5.41, 5.74) is -1.28. The molecular formula is C16H17NO3S. The van der Waals surface area contributed by atoms with Crippen molar-refractivity contribution >= 4 is 34.7 Å². The molecule has 0 bridgehead atoms. The minimum atomic E-state index is -2.07. The van der Waals surface area contributed by atoms with E-state index < -0.39 is 11.7 Å². The molecule has 2 aromatic rings. The van der Waals surface area contributed by atoms with Gasteiger partial charge in [0.05, 0.1) is 0 Å². The number of aliphatic carboxylic acids is 1. The number of carboxylic acid groups (broad SMARTS) is 1. The Labute approximate surface area is 127 Å². The number of aliphatic hydroxyl groups is 1. The SMILES string of the molecule is CSCCC(O)(N=Cc1cccc2ccccc12)C(=O)O. The highest BCUT2D eigenvalue weighted by molar-refractivity contribution is 7.98. The number of aliphatic imine (C=N–C) groups is 1. The van der Waals surface area contributed by atoms with Crippen LogP contribution in [0, 0.1) is 0 Å². The van der Waals surface area contributed by atoms with E-state index in [1.807, 2.05) is 48.7 Å². The average Bonchev–Trinajstić information content (AvgIpc) is 2.50. The van der Waals surface area contributed by atoms with Crippen LogP contribution in [0.4, 0.5) is 0 Å². The van der Waals surface area contributed by atoms with Crippen LogP contribution in [-0.4, -0.2) is 40.1 Å². The van der Waals surface area contributed by atoms with E-state index >= 15 is 0 Å². The van der Waals surface area contributed by atoms with Crippen molar-refractivity contribution < 1.29 is 15.0 Å². The molecule has 0 aliphatic heterocycles. The smallest absolute Gasteiger partial charge is 0.359 e. The molecule has 0 radical (unpaired) electrons. The molecule has 0 fully saturated rings. The van der Waals surface area contributed by atoms with E-state index in [2.05, 4.69) is 4.99 Å². The Hall–Kier alpha value is -1.85. The zero-order valence-corrected chi connectivity index (χ0v) is 12.5. The third-order valence-electron chi connectivity index (χ3n) is 3.24. The summed E-state index contributed by atoms with van der Waals surface area (Å²) in [5, 5.41) is 21.3. The fourth-order valence-corrected chi connectivity index (χ4v) is 2.50. The van der Waals surface area contributed by atoms with E-state index in [1.54, 1.807) is 0 Å². The van der Waals surface area contributed by atoms with Gasteiger partial charge in [-0.15, -0.1) is 0 Å². The lowest BCUT2D eigenvalue weighted by Crippen LogP contribution is -2.37. The van der Waals surface area contributed by atoms with Crippen molar-refractivity contribution in [1.82, 2.24) is 0 Å². The first kappa shape index (κ1) is 15.5. The molecule has 2 N–H and O–H groups in total. The normalized spacial score (nSPS) is 14.4. The maximum absolute atomic E-state index is 11.2.